The normalized spacial score (nSPS) is 10.3. The number of aromatic nitrogens is 1. The van der Waals surface area contributed by atoms with Crippen molar-refractivity contribution in [2.75, 3.05) is 0 Å². The minimum Gasteiger partial charge on any atom is -0.436 e. The molecule has 4 heteroatoms. The average molecular weight is 198 g/mol. The van der Waals surface area contributed by atoms with Crippen molar-refractivity contribution in [1.29, 1.82) is 0 Å². The molecule has 0 unspecified atom stereocenters. The summed E-state index contributed by atoms with van der Waals surface area (Å²) in [6.45, 7) is 0. The number of nitrogens with zero attached hydrogens (tertiary/aromatic N) is 1. The summed E-state index contributed by atoms with van der Waals surface area (Å²) < 4.78 is 17.3. The lowest BCUT2D eigenvalue weighted by atomic mass is 10.2. The summed E-state index contributed by atoms with van der Waals surface area (Å²) in [5.41, 5.74) is 1.38. The highest BCUT2D eigenvalue weighted by molar-refractivity contribution is 6.27. The van der Waals surface area contributed by atoms with Crippen molar-refractivity contribution in [1.82, 2.24) is 4.98 Å². The number of rotatable bonds is 1. The fourth-order valence-corrected chi connectivity index (χ4v) is 1.14. The Hall–Kier alpha value is -1.35. The van der Waals surface area contributed by atoms with E-state index in [1.165, 1.54) is 18.4 Å². The molecule has 13 heavy (non-hydrogen) atoms. The summed E-state index contributed by atoms with van der Waals surface area (Å²) in [4.78, 5) is 3.89. The van der Waals surface area contributed by atoms with Crippen LogP contribution in [-0.4, -0.2) is 4.98 Å². The third kappa shape index (κ3) is 1.70. The monoisotopic (exact) mass is 197 g/mol. The highest BCUT2D eigenvalue weighted by Gasteiger charge is 2.03. The highest BCUT2D eigenvalue weighted by Crippen LogP contribution is 2.20. The molecule has 0 bridgehead atoms. The lowest BCUT2D eigenvalue weighted by molar-refractivity contribution is 0.560. The number of oxazole rings is 1. The van der Waals surface area contributed by atoms with Crippen LogP contribution in [0.3, 0.4) is 0 Å². The van der Waals surface area contributed by atoms with Crippen molar-refractivity contribution in [3.05, 3.63) is 41.7 Å². The Kier molecular flexibility index (Phi) is 2.02. The molecular formula is C9H5ClFNO. The molecule has 1 aromatic heterocycles. The van der Waals surface area contributed by atoms with E-state index in [2.05, 4.69) is 4.98 Å². The van der Waals surface area contributed by atoms with Gasteiger partial charge in [-0.2, -0.15) is 4.98 Å². The van der Waals surface area contributed by atoms with Crippen LogP contribution < -0.4 is 0 Å². The summed E-state index contributed by atoms with van der Waals surface area (Å²) in [6.07, 6.45) is 1.43. The van der Waals surface area contributed by atoms with E-state index in [4.69, 9.17) is 16.0 Å². The fraction of sp³-hybridized carbons (Fsp3) is 0. The predicted octanol–water partition coefficient (Wildman–Crippen LogP) is 3.13. The van der Waals surface area contributed by atoms with Gasteiger partial charge in [-0.05, 0) is 35.9 Å². The Morgan fingerprint density at radius 3 is 2.46 bits per heavy atom. The van der Waals surface area contributed by atoms with E-state index in [1.807, 2.05) is 0 Å². The summed E-state index contributed by atoms with van der Waals surface area (Å²) in [5, 5.41) is 0.0827. The van der Waals surface area contributed by atoms with Crippen molar-refractivity contribution in [2.24, 2.45) is 0 Å². The summed E-state index contributed by atoms with van der Waals surface area (Å²) in [6, 6.07) is 5.95. The molecule has 0 saturated carbocycles. The number of halogens is 2. The van der Waals surface area contributed by atoms with Gasteiger partial charge < -0.3 is 4.42 Å². The molecule has 2 aromatic rings. The summed E-state index contributed by atoms with van der Waals surface area (Å²) >= 11 is 5.49. The van der Waals surface area contributed by atoms with Crippen molar-refractivity contribution in [3.63, 3.8) is 0 Å². The van der Waals surface area contributed by atoms with Gasteiger partial charge in [-0.3, -0.25) is 0 Å². The molecule has 0 fully saturated rings. The Bertz CT molecular complexity index is 410. The third-order valence-electron chi connectivity index (χ3n) is 1.62. The van der Waals surface area contributed by atoms with Gasteiger partial charge in [0.25, 0.3) is 5.35 Å². The van der Waals surface area contributed by atoms with Gasteiger partial charge in [0.15, 0.2) is 0 Å². The molecule has 0 aliphatic rings. The maximum absolute atomic E-state index is 12.5. The predicted molar refractivity (Wildman–Crippen MR) is 46.9 cm³/mol. The molecule has 0 atom stereocenters. The van der Waals surface area contributed by atoms with E-state index in [0.29, 0.717) is 5.69 Å². The zero-order valence-corrected chi connectivity index (χ0v) is 7.25. The van der Waals surface area contributed by atoms with Crippen LogP contribution in [0, 0.1) is 5.82 Å². The summed E-state index contributed by atoms with van der Waals surface area (Å²) in [7, 11) is 0. The van der Waals surface area contributed by atoms with Crippen LogP contribution in [0.5, 0.6) is 0 Å². The molecule has 0 spiro atoms. The molecule has 66 valence electrons. The lowest BCUT2D eigenvalue weighted by Crippen LogP contribution is -1.77. The van der Waals surface area contributed by atoms with Gasteiger partial charge >= 0.3 is 0 Å². The van der Waals surface area contributed by atoms with Crippen molar-refractivity contribution in [3.8, 4) is 11.3 Å². The van der Waals surface area contributed by atoms with E-state index in [-0.39, 0.29) is 11.2 Å². The van der Waals surface area contributed by atoms with Crippen LogP contribution in [0.25, 0.3) is 11.3 Å². The zero-order chi connectivity index (χ0) is 9.26. The average Bonchev–Trinajstić information content (AvgIpc) is 2.53. The number of hydrogen-bond donors (Lipinski definition) is 0. The Morgan fingerprint density at radius 1 is 1.23 bits per heavy atom. The van der Waals surface area contributed by atoms with Gasteiger partial charge in [0.05, 0.1) is 0 Å². The molecule has 0 saturated heterocycles. The van der Waals surface area contributed by atoms with Gasteiger partial charge in [0.2, 0.25) is 0 Å². The van der Waals surface area contributed by atoms with Crippen LogP contribution in [0.4, 0.5) is 4.39 Å². The number of benzene rings is 1. The van der Waals surface area contributed by atoms with E-state index >= 15 is 0 Å². The smallest absolute Gasteiger partial charge is 0.292 e. The Morgan fingerprint density at radius 2 is 1.92 bits per heavy atom. The van der Waals surface area contributed by atoms with Crippen molar-refractivity contribution < 1.29 is 8.81 Å². The standard InChI is InChI=1S/C9H5ClFNO/c10-9-12-8(5-13-9)6-1-3-7(11)4-2-6/h1-5H. The molecule has 0 N–H and O–H groups in total. The van der Waals surface area contributed by atoms with Gasteiger partial charge in [0, 0.05) is 5.56 Å². The molecular weight excluding hydrogens is 193 g/mol. The second-order valence-corrected chi connectivity index (χ2v) is 2.82. The zero-order valence-electron chi connectivity index (χ0n) is 6.50. The Balaban J connectivity index is 2.41. The van der Waals surface area contributed by atoms with Crippen LogP contribution in [0.2, 0.25) is 5.35 Å². The molecule has 0 radical (unpaired) electrons. The van der Waals surface area contributed by atoms with Crippen LogP contribution in [-0.2, 0) is 0 Å². The van der Waals surface area contributed by atoms with Gasteiger partial charge in [-0.15, -0.1) is 0 Å². The first kappa shape index (κ1) is 8.26. The first-order chi connectivity index (χ1) is 6.25. The molecule has 0 aliphatic heterocycles. The first-order valence-corrected chi connectivity index (χ1v) is 4.00. The van der Waals surface area contributed by atoms with Gasteiger partial charge in [0.1, 0.15) is 17.8 Å². The molecule has 0 amide bonds. The molecule has 1 heterocycles. The molecule has 0 aliphatic carbocycles. The highest BCUT2D eigenvalue weighted by atomic mass is 35.5. The minimum absolute atomic E-state index is 0.0827. The maximum atomic E-state index is 12.5. The third-order valence-corrected chi connectivity index (χ3v) is 1.79. The second-order valence-electron chi connectivity index (χ2n) is 2.49. The number of hydrogen-bond acceptors (Lipinski definition) is 2. The Labute approximate surface area is 79.0 Å². The van der Waals surface area contributed by atoms with Crippen LogP contribution >= 0.6 is 11.6 Å². The SMILES string of the molecule is Fc1ccc(-c2coc(Cl)n2)cc1. The van der Waals surface area contributed by atoms with E-state index in [1.54, 1.807) is 12.1 Å². The van der Waals surface area contributed by atoms with Crippen molar-refractivity contribution in [2.45, 2.75) is 0 Å². The fourth-order valence-electron chi connectivity index (χ4n) is 1.01. The lowest BCUT2D eigenvalue weighted by Gasteiger charge is -1.93. The molecule has 2 nitrogen and oxygen atoms in total. The summed E-state index contributed by atoms with van der Waals surface area (Å²) in [5.74, 6) is -0.279. The van der Waals surface area contributed by atoms with Crippen LogP contribution in [0.15, 0.2) is 34.9 Å². The van der Waals surface area contributed by atoms with Gasteiger partial charge in [-0.1, -0.05) is 0 Å². The first-order valence-electron chi connectivity index (χ1n) is 3.63. The van der Waals surface area contributed by atoms with Crippen LogP contribution in [0.1, 0.15) is 0 Å². The molecule has 1 aromatic carbocycles. The topological polar surface area (TPSA) is 26.0 Å². The molecule has 2 rings (SSSR count). The minimum atomic E-state index is -0.279. The quantitative estimate of drug-likeness (QED) is 0.702. The van der Waals surface area contributed by atoms with E-state index in [0.717, 1.165) is 5.56 Å². The van der Waals surface area contributed by atoms with E-state index in [9.17, 15) is 4.39 Å². The maximum Gasteiger partial charge on any atom is 0.292 e. The van der Waals surface area contributed by atoms with E-state index < -0.39 is 0 Å². The van der Waals surface area contributed by atoms with Crippen molar-refractivity contribution >= 4 is 11.6 Å². The second kappa shape index (κ2) is 3.18. The van der Waals surface area contributed by atoms with Gasteiger partial charge in [-0.25, -0.2) is 4.39 Å². The largest absolute Gasteiger partial charge is 0.436 e.